The number of rotatable bonds is 4. The van der Waals surface area contributed by atoms with Gasteiger partial charge >= 0.3 is 0 Å². The molecular weight excluding hydrogens is 500 g/mol. The predicted molar refractivity (Wildman–Crippen MR) is 149 cm³/mol. The van der Waals surface area contributed by atoms with Crippen LogP contribution in [-0.2, 0) is 6.54 Å². The molecule has 2 aromatic heterocycles. The van der Waals surface area contributed by atoms with E-state index in [9.17, 15) is 4.79 Å². The molecular formula is C29H33BrN4O. The molecule has 1 saturated carbocycles. The number of nitrogens with zero attached hydrogens (tertiary/aromatic N) is 4. The number of para-hydroxylation sites is 1. The Kier molecular flexibility index (Phi) is 6.43. The van der Waals surface area contributed by atoms with E-state index in [0.29, 0.717) is 5.39 Å². The van der Waals surface area contributed by atoms with Crippen molar-refractivity contribution in [2.45, 2.75) is 72.3 Å². The SMILES string of the molecule is Cc1c(C=Nn2c(C3CCCCC3)nc3ccc(Br)cc3c2=O)c2ccccc2n1CC(C)(C)C. The van der Waals surface area contributed by atoms with Crippen LogP contribution in [0.1, 0.15) is 75.9 Å². The van der Waals surface area contributed by atoms with Crippen molar-refractivity contribution in [1.29, 1.82) is 0 Å². The summed E-state index contributed by atoms with van der Waals surface area (Å²) in [6.07, 6.45) is 7.55. The molecule has 0 spiro atoms. The first-order valence-corrected chi connectivity index (χ1v) is 13.4. The summed E-state index contributed by atoms with van der Waals surface area (Å²) >= 11 is 3.51. The number of aromatic nitrogens is 3. The maximum atomic E-state index is 13.7. The number of benzene rings is 2. The normalized spacial score (nSPS) is 15.6. The number of hydrogen-bond donors (Lipinski definition) is 0. The Morgan fingerprint density at radius 1 is 1.09 bits per heavy atom. The molecule has 0 bridgehead atoms. The predicted octanol–water partition coefficient (Wildman–Crippen LogP) is 7.40. The molecule has 0 aliphatic heterocycles. The van der Waals surface area contributed by atoms with Crippen molar-refractivity contribution >= 4 is 44.0 Å². The molecule has 1 aliphatic rings. The Morgan fingerprint density at radius 2 is 1.83 bits per heavy atom. The standard InChI is InChI=1S/C29H33BrN4O/c1-19-24(22-12-8-9-13-26(22)33(19)18-29(2,3)4)17-31-34-27(20-10-6-5-7-11-20)32-25-15-14-21(30)16-23(25)28(34)35/h8-9,12-17,20H,5-7,10-11,18H2,1-4H3. The molecule has 0 N–H and O–H groups in total. The molecule has 0 atom stereocenters. The van der Waals surface area contributed by atoms with Gasteiger partial charge in [0.1, 0.15) is 5.82 Å². The van der Waals surface area contributed by atoms with E-state index in [1.807, 2.05) is 24.4 Å². The lowest BCUT2D eigenvalue weighted by Gasteiger charge is -2.22. The Bertz CT molecular complexity index is 1480. The largest absolute Gasteiger partial charge is 0.344 e. The fourth-order valence-corrected chi connectivity index (χ4v) is 5.68. The van der Waals surface area contributed by atoms with Gasteiger partial charge in [-0.15, -0.1) is 0 Å². The zero-order chi connectivity index (χ0) is 24.7. The van der Waals surface area contributed by atoms with Crippen LogP contribution in [0.4, 0.5) is 0 Å². The van der Waals surface area contributed by atoms with Crippen LogP contribution in [0.5, 0.6) is 0 Å². The topological polar surface area (TPSA) is 52.2 Å². The molecule has 5 nitrogen and oxygen atoms in total. The second-order valence-corrected chi connectivity index (χ2v) is 11.9. The fraction of sp³-hybridized carbons (Fsp3) is 0.414. The molecule has 2 aromatic carbocycles. The minimum Gasteiger partial charge on any atom is -0.344 e. The van der Waals surface area contributed by atoms with Gasteiger partial charge in [0.05, 0.1) is 17.1 Å². The van der Waals surface area contributed by atoms with Gasteiger partial charge in [-0.25, -0.2) is 4.98 Å². The second kappa shape index (κ2) is 9.38. The van der Waals surface area contributed by atoms with Gasteiger partial charge in [-0.3, -0.25) is 4.79 Å². The van der Waals surface area contributed by atoms with Gasteiger partial charge in [0.2, 0.25) is 0 Å². The first-order chi connectivity index (χ1) is 16.7. The highest BCUT2D eigenvalue weighted by atomic mass is 79.9. The van der Waals surface area contributed by atoms with Crippen molar-refractivity contribution in [3.05, 3.63) is 74.4 Å². The summed E-state index contributed by atoms with van der Waals surface area (Å²) < 4.78 is 4.81. The Hall–Kier alpha value is -2.73. The molecule has 1 fully saturated rings. The van der Waals surface area contributed by atoms with Crippen LogP contribution in [0, 0.1) is 12.3 Å². The van der Waals surface area contributed by atoms with Crippen molar-refractivity contribution in [2.75, 3.05) is 0 Å². The summed E-state index contributed by atoms with van der Waals surface area (Å²) in [5.74, 6) is 1.04. The van der Waals surface area contributed by atoms with E-state index in [2.05, 4.69) is 72.5 Å². The van der Waals surface area contributed by atoms with Gasteiger partial charge in [0.25, 0.3) is 5.56 Å². The van der Waals surface area contributed by atoms with Crippen LogP contribution in [0.2, 0.25) is 0 Å². The van der Waals surface area contributed by atoms with E-state index in [-0.39, 0.29) is 16.9 Å². The molecule has 0 unspecified atom stereocenters. The molecule has 2 heterocycles. The highest BCUT2D eigenvalue weighted by Gasteiger charge is 2.23. The lowest BCUT2D eigenvalue weighted by atomic mass is 9.88. The van der Waals surface area contributed by atoms with Crippen molar-refractivity contribution in [3.63, 3.8) is 0 Å². The molecule has 6 heteroatoms. The number of fused-ring (bicyclic) bond motifs is 2. The average Bonchev–Trinajstić information content (AvgIpc) is 3.09. The van der Waals surface area contributed by atoms with Gasteiger partial charge in [0, 0.05) is 39.1 Å². The van der Waals surface area contributed by atoms with Crippen LogP contribution in [0.3, 0.4) is 0 Å². The zero-order valence-corrected chi connectivity index (χ0v) is 22.6. The van der Waals surface area contributed by atoms with Gasteiger partial charge in [0.15, 0.2) is 0 Å². The van der Waals surface area contributed by atoms with E-state index in [1.54, 1.807) is 4.68 Å². The van der Waals surface area contributed by atoms with Gasteiger partial charge in [-0.1, -0.05) is 74.2 Å². The Balaban J connectivity index is 1.69. The maximum Gasteiger partial charge on any atom is 0.282 e. The van der Waals surface area contributed by atoms with E-state index in [0.717, 1.165) is 51.8 Å². The summed E-state index contributed by atoms with van der Waals surface area (Å²) in [4.78, 5) is 18.7. The van der Waals surface area contributed by atoms with Crippen LogP contribution >= 0.6 is 15.9 Å². The summed E-state index contributed by atoms with van der Waals surface area (Å²) in [5, 5.41) is 6.58. The van der Waals surface area contributed by atoms with Gasteiger partial charge < -0.3 is 4.57 Å². The van der Waals surface area contributed by atoms with Crippen LogP contribution in [0.25, 0.3) is 21.8 Å². The van der Waals surface area contributed by atoms with Gasteiger partial charge in [-0.05, 0) is 49.4 Å². The molecule has 0 amide bonds. The molecule has 35 heavy (non-hydrogen) atoms. The maximum absolute atomic E-state index is 13.7. The summed E-state index contributed by atoms with van der Waals surface area (Å²) in [6.45, 7) is 9.82. The highest BCUT2D eigenvalue weighted by molar-refractivity contribution is 9.10. The Morgan fingerprint density at radius 3 is 2.57 bits per heavy atom. The zero-order valence-electron chi connectivity index (χ0n) is 21.0. The number of hydrogen-bond acceptors (Lipinski definition) is 3. The molecule has 0 saturated heterocycles. The quantitative estimate of drug-likeness (QED) is 0.257. The third kappa shape index (κ3) is 4.73. The Labute approximate surface area is 215 Å². The van der Waals surface area contributed by atoms with Crippen molar-refractivity contribution in [3.8, 4) is 0 Å². The van der Waals surface area contributed by atoms with Crippen molar-refractivity contribution < 1.29 is 0 Å². The molecule has 0 radical (unpaired) electrons. The highest BCUT2D eigenvalue weighted by Crippen LogP contribution is 2.32. The lowest BCUT2D eigenvalue weighted by Crippen LogP contribution is -2.25. The molecule has 182 valence electrons. The minimum absolute atomic E-state index is 0.107. The van der Waals surface area contributed by atoms with Gasteiger partial charge in [-0.2, -0.15) is 9.78 Å². The van der Waals surface area contributed by atoms with Crippen molar-refractivity contribution in [2.24, 2.45) is 10.5 Å². The average molecular weight is 534 g/mol. The second-order valence-electron chi connectivity index (χ2n) is 11.0. The third-order valence-corrected chi connectivity index (χ3v) is 7.51. The summed E-state index contributed by atoms with van der Waals surface area (Å²) in [6, 6.07) is 14.2. The monoisotopic (exact) mass is 532 g/mol. The first-order valence-electron chi connectivity index (χ1n) is 12.6. The smallest absolute Gasteiger partial charge is 0.282 e. The molecule has 5 rings (SSSR count). The van der Waals surface area contributed by atoms with Crippen LogP contribution < -0.4 is 5.56 Å². The first kappa shape index (κ1) is 24.0. The van der Waals surface area contributed by atoms with E-state index in [4.69, 9.17) is 10.1 Å². The third-order valence-electron chi connectivity index (χ3n) is 7.02. The fourth-order valence-electron chi connectivity index (χ4n) is 5.32. The van der Waals surface area contributed by atoms with E-state index >= 15 is 0 Å². The lowest BCUT2D eigenvalue weighted by molar-refractivity contribution is 0.346. The molecule has 1 aliphatic carbocycles. The van der Waals surface area contributed by atoms with Crippen molar-refractivity contribution in [1.82, 2.24) is 14.2 Å². The summed E-state index contributed by atoms with van der Waals surface area (Å²) in [5.41, 5.74) is 4.19. The van der Waals surface area contributed by atoms with E-state index in [1.165, 1.54) is 24.8 Å². The van der Waals surface area contributed by atoms with Crippen LogP contribution in [0.15, 0.2) is 56.8 Å². The summed E-state index contributed by atoms with van der Waals surface area (Å²) in [7, 11) is 0. The molecule has 4 aromatic rings. The minimum atomic E-state index is -0.107. The van der Waals surface area contributed by atoms with E-state index < -0.39 is 0 Å². The van der Waals surface area contributed by atoms with Crippen LogP contribution in [-0.4, -0.2) is 20.4 Å². The number of halogens is 1.